The Morgan fingerprint density at radius 1 is 0.778 bits per heavy atom. The fraction of sp³-hybridized carbons (Fsp3) is 0.310. The van der Waals surface area contributed by atoms with Crippen molar-refractivity contribution < 1.29 is 9.47 Å². The summed E-state index contributed by atoms with van der Waals surface area (Å²) < 4.78 is 13.0. The molecule has 0 aliphatic carbocycles. The molecule has 7 heteroatoms. The van der Waals surface area contributed by atoms with Crippen LogP contribution in [-0.2, 0) is 6.42 Å². The van der Waals surface area contributed by atoms with E-state index in [1.807, 2.05) is 23.5 Å². The quantitative estimate of drug-likeness (QED) is 0.238. The van der Waals surface area contributed by atoms with Crippen LogP contribution in [0.15, 0.2) is 72.8 Å². The number of ether oxygens (including phenoxy) is 2. The highest BCUT2D eigenvalue weighted by atomic mass is 35.5. The SMILES string of the molecule is Cl.Cl.NCCOc1ccc(-c2sc3ccccc3c2Cc2ccc(OCCN3CCCC3)cc2)cc1. The Morgan fingerprint density at radius 2 is 1.42 bits per heavy atom. The number of hydrogen-bond donors (Lipinski definition) is 1. The van der Waals surface area contributed by atoms with Gasteiger partial charge in [0, 0.05) is 22.7 Å². The van der Waals surface area contributed by atoms with Crippen molar-refractivity contribution >= 4 is 46.2 Å². The number of rotatable bonds is 10. The standard InChI is InChI=1S/C29H32N2O2S.2ClH/c30-15-19-32-25-13-9-23(10-14-25)29-27(26-5-1-2-6-28(26)34-29)21-22-7-11-24(12-8-22)33-20-18-31-16-3-4-17-31;;/h1-2,5-14H,3-4,15-21,30H2;2*1H. The van der Waals surface area contributed by atoms with Gasteiger partial charge in [-0.2, -0.15) is 0 Å². The van der Waals surface area contributed by atoms with Crippen LogP contribution in [0.1, 0.15) is 24.0 Å². The average molecular weight is 546 g/mol. The first-order chi connectivity index (χ1) is 16.8. The van der Waals surface area contributed by atoms with Crippen molar-refractivity contribution in [1.82, 2.24) is 4.90 Å². The second-order valence-electron chi connectivity index (χ2n) is 8.79. The third-order valence-electron chi connectivity index (χ3n) is 6.38. The van der Waals surface area contributed by atoms with E-state index >= 15 is 0 Å². The summed E-state index contributed by atoms with van der Waals surface area (Å²) in [5.41, 5.74) is 9.45. The summed E-state index contributed by atoms with van der Waals surface area (Å²) in [5.74, 6) is 1.81. The van der Waals surface area contributed by atoms with Crippen molar-refractivity contribution in [3.8, 4) is 21.9 Å². The maximum atomic E-state index is 6.00. The fourth-order valence-electron chi connectivity index (χ4n) is 4.59. The average Bonchev–Trinajstić information content (AvgIpc) is 3.53. The van der Waals surface area contributed by atoms with Crippen LogP contribution in [0.5, 0.6) is 11.5 Å². The smallest absolute Gasteiger partial charge is 0.119 e. The molecule has 1 aliphatic heterocycles. The predicted octanol–water partition coefficient (Wildman–Crippen LogP) is 6.81. The van der Waals surface area contributed by atoms with Crippen molar-refractivity contribution in [1.29, 1.82) is 0 Å². The van der Waals surface area contributed by atoms with E-state index in [1.165, 1.54) is 57.6 Å². The molecule has 3 aromatic carbocycles. The highest BCUT2D eigenvalue weighted by Gasteiger charge is 2.15. The monoisotopic (exact) mass is 544 g/mol. The molecule has 0 amide bonds. The summed E-state index contributed by atoms with van der Waals surface area (Å²) in [6, 6.07) is 25.7. The lowest BCUT2D eigenvalue weighted by molar-refractivity contribution is 0.238. The van der Waals surface area contributed by atoms with E-state index in [0.717, 1.165) is 31.1 Å². The molecule has 5 rings (SSSR count). The topological polar surface area (TPSA) is 47.7 Å². The Morgan fingerprint density at radius 3 is 2.11 bits per heavy atom. The van der Waals surface area contributed by atoms with Gasteiger partial charge in [-0.3, -0.25) is 4.90 Å². The van der Waals surface area contributed by atoms with Gasteiger partial charge < -0.3 is 15.2 Å². The highest BCUT2D eigenvalue weighted by molar-refractivity contribution is 7.22. The van der Waals surface area contributed by atoms with E-state index in [0.29, 0.717) is 13.2 Å². The Balaban J connectivity index is 0.00000180. The van der Waals surface area contributed by atoms with Crippen LogP contribution in [0, 0.1) is 0 Å². The molecule has 1 aliphatic rings. The zero-order valence-electron chi connectivity index (χ0n) is 20.4. The molecule has 4 aromatic rings. The molecule has 0 saturated carbocycles. The van der Waals surface area contributed by atoms with Crippen LogP contribution in [0.4, 0.5) is 0 Å². The van der Waals surface area contributed by atoms with Crippen molar-refractivity contribution in [3.05, 3.63) is 83.9 Å². The normalized spacial score (nSPS) is 13.2. The molecule has 1 fully saturated rings. The molecule has 1 aromatic heterocycles. The van der Waals surface area contributed by atoms with Gasteiger partial charge in [0.2, 0.25) is 0 Å². The largest absolute Gasteiger partial charge is 0.492 e. The van der Waals surface area contributed by atoms with E-state index in [1.54, 1.807) is 0 Å². The Bertz CT molecular complexity index is 1210. The highest BCUT2D eigenvalue weighted by Crippen LogP contribution is 2.40. The Hall–Kier alpha value is -2.28. The number of nitrogens with two attached hydrogens (primary N) is 1. The van der Waals surface area contributed by atoms with Gasteiger partial charge in [-0.05, 0) is 96.9 Å². The van der Waals surface area contributed by atoms with Gasteiger partial charge in [0.25, 0.3) is 0 Å². The number of hydrogen-bond acceptors (Lipinski definition) is 5. The summed E-state index contributed by atoms with van der Waals surface area (Å²) in [4.78, 5) is 3.80. The van der Waals surface area contributed by atoms with Crippen LogP contribution in [0.3, 0.4) is 0 Å². The van der Waals surface area contributed by atoms with Crippen molar-refractivity contribution in [3.63, 3.8) is 0 Å². The molecule has 0 atom stereocenters. The lowest BCUT2D eigenvalue weighted by Crippen LogP contribution is -2.25. The van der Waals surface area contributed by atoms with E-state index in [9.17, 15) is 0 Å². The molecular formula is C29H34Cl2N2O2S. The number of nitrogens with zero attached hydrogens (tertiary/aromatic N) is 1. The minimum absolute atomic E-state index is 0. The van der Waals surface area contributed by atoms with E-state index < -0.39 is 0 Å². The third kappa shape index (κ3) is 6.93. The summed E-state index contributed by atoms with van der Waals surface area (Å²) in [6.07, 6.45) is 3.53. The summed E-state index contributed by atoms with van der Waals surface area (Å²) in [6.45, 7) is 5.24. The second kappa shape index (κ2) is 13.9. The molecule has 36 heavy (non-hydrogen) atoms. The first-order valence-corrected chi connectivity index (χ1v) is 13.0. The molecule has 192 valence electrons. The predicted molar refractivity (Wildman–Crippen MR) is 157 cm³/mol. The minimum atomic E-state index is 0. The lowest BCUT2D eigenvalue weighted by atomic mass is 9.99. The van der Waals surface area contributed by atoms with Gasteiger partial charge >= 0.3 is 0 Å². The van der Waals surface area contributed by atoms with Crippen LogP contribution in [0.2, 0.25) is 0 Å². The third-order valence-corrected chi connectivity index (χ3v) is 7.64. The van der Waals surface area contributed by atoms with Crippen molar-refractivity contribution in [2.75, 3.05) is 39.4 Å². The molecule has 0 spiro atoms. The van der Waals surface area contributed by atoms with Gasteiger partial charge in [0.1, 0.15) is 24.7 Å². The van der Waals surface area contributed by atoms with Gasteiger partial charge in [-0.1, -0.05) is 30.3 Å². The summed E-state index contributed by atoms with van der Waals surface area (Å²) in [7, 11) is 0. The van der Waals surface area contributed by atoms with Gasteiger partial charge in [-0.25, -0.2) is 0 Å². The first kappa shape index (κ1) is 28.3. The Kier molecular flexibility index (Phi) is 10.9. The van der Waals surface area contributed by atoms with E-state index in [4.69, 9.17) is 15.2 Å². The van der Waals surface area contributed by atoms with Gasteiger partial charge in [0.15, 0.2) is 0 Å². The van der Waals surface area contributed by atoms with Gasteiger partial charge in [-0.15, -0.1) is 36.2 Å². The maximum Gasteiger partial charge on any atom is 0.119 e. The lowest BCUT2D eigenvalue weighted by Gasteiger charge is -2.15. The molecule has 2 N–H and O–H groups in total. The fourth-order valence-corrected chi connectivity index (χ4v) is 5.82. The summed E-state index contributed by atoms with van der Waals surface area (Å²) >= 11 is 1.86. The van der Waals surface area contributed by atoms with Gasteiger partial charge in [0.05, 0.1) is 0 Å². The molecular weight excluding hydrogens is 511 g/mol. The zero-order chi connectivity index (χ0) is 23.2. The molecule has 4 nitrogen and oxygen atoms in total. The number of thiophene rings is 1. The van der Waals surface area contributed by atoms with E-state index in [-0.39, 0.29) is 24.8 Å². The molecule has 1 saturated heterocycles. The van der Waals surface area contributed by atoms with E-state index in [2.05, 4.69) is 65.6 Å². The summed E-state index contributed by atoms with van der Waals surface area (Å²) in [5, 5.41) is 1.33. The van der Waals surface area contributed by atoms with Crippen LogP contribution in [-0.4, -0.2) is 44.3 Å². The zero-order valence-corrected chi connectivity index (χ0v) is 22.8. The van der Waals surface area contributed by atoms with Crippen LogP contribution in [0.25, 0.3) is 20.5 Å². The van der Waals surface area contributed by atoms with Crippen LogP contribution < -0.4 is 15.2 Å². The van der Waals surface area contributed by atoms with Crippen molar-refractivity contribution in [2.24, 2.45) is 5.73 Å². The molecule has 0 unspecified atom stereocenters. The first-order valence-electron chi connectivity index (χ1n) is 12.2. The Labute approximate surface area is 230 Å². The van der Waals surface area contributed by atoms with Crippen molar-refractivity contribution in [2.45, 2.75) is 19.3 Å². The number of halogens is 2. The maximum absolute atomic E-state index is 6.00. The molecule has 0 bridgehead atoms. The molecule has 2 heterocycles. The minimum Gasteiger partial charge on any atom is -0.492 e. The van der Waals surface area contributed by atoms with Crippen LogP contribution >= 0.6 is 36.2 Å². The number of benzene rings is 3. The molecule has 0 radical (unpaired) electrons. The number of fused-ring (bicyclic) bond motifs is 1. The number of likely N-dealkylation sites (tertiary alicyclic amines) is 1. The second-order valence-corrected chi connectivity index (χ2v) is 9.84.